The van der Waals surface area contributed by atoms with Crippen LogP contribution >= 0.6 is 0 Å². The largest absolute Gasteiger partial charge is 0.450 e. The van der Waals surface area contributed by atoms with Gasteiger partial charge in [0.15, 0.2) is 0 Å². The van der Waals surface area contributed by atoms with Crippen molar-refractivity contribution in [2.45, 2.75) is 13.1 Å². The molecule has 0 fully saturated rings. The van der Waals surface area contributed by atoms with Crippen LogP contribution in [0.4, 0.5) is 18.0 Å². The summed E-state index contributed by atoms with van der Waals surface area (Å²) in [6.45, 7) is 1.51. The molecule has 0 bridgehead atoms. The third kappa shape index (κ3) is 2.03. The highest BCUT2D eigenvalue weighted by Gasteiger charge is 2.39. The third-order valence-corrected chi connectivity index (χ3v) is 2.26. The predicted octanol–water partition coefficient (Wildman–Crippen LogP) is 3.06. The van der Waals surface area contributed by atoms with Crippen molar-refractivity contribution in [1.29, 1.82) is 0 Å². The predicted molar refractivity (Wildman–Crippen MR) is 57.2 cm³/mol. The Morgan fingerprint density at radius 3 is 2.67 bits per heavy atom. The first-order chi connectivity index (χ1) is 8.45. The van der Waals surface area contributed by atoms with E-state index < -0.39 is 18.1 Å². The molecule has 0 aliphatic carbocycles. The fourth-order valence-corrected chi connectivity index (χ4v) is 1.59. The zero-order valence-electron chi connectivity index (χ0n) is 9.36. The van der Waals surface area contributed by atoms with E-state index in [1.165, 1.54) is 25.1 Å². The van der Waals surface area contributed by atoms with Crippen LogP contribution in [0.25, 0.3) is 11.0 Å². The Balaban J connectivity index is 2.69. The summed E-state index contributed by atoms with van der Waals surface area (Å²) in [4.78, 5) is 15.0. The zero-order valence-corrected chi connectivity index (χ0v) is 9.36. The van der Waals surface area contributed by atoms with Crippen LogP contribution in [0.5, 0.6) is 0 Å². The van der Waals surface area contributed by atoms with Gasteiger partial charge in [0.25, 0.3) is 0 Å². The smallest absolute Gasteiger partial charge is 0.449 e. The third-order valence-electron chi connectivity index (χ3n) is 2.26. The van der Waals surface area contributed by atoms with E-state index in [-0.39, 0.29) is 17.6 Å². The van der Waals surface area contributed by atoms with Crippen molar-refractivity contribution in [2.75, 3.05) is 6.61 Å². The molecule has 0 N–H and O–H groups in total. The minimum atomic E-state index is -4.72. The van der Waals surface area contributed by atoms with Crippen LogP contribution in [-0.4, -0.2) is 22.3 Å². The minimum absolute atomic E-state index is 0.0113. The topological polar surface area (TPSA) is 44.1 Å². The number of fused-ring (bicyclic) bond motifs is 1. The van der Waals surface area contributed by atoms with Crippen molar-refractivity contribution < 1.29 is 22.7 Å². The minimum Gasteiger partial charge on any atom is -0.449 e. The van der Waals surface area contributed by atoms with Crippen molar-refractivity contribution in [3.63, 3.8) is 0 Å². The Morgan fingerprint density at radius 2 is 2.06 bits per heavy atom. The van der Waals surface area contributed by atoms with Crippen molar-refractivity contribution in [3.05, 3.63) is 30.1 Å². The van der Waals surface area contributed by atoms with Crippen LogP contribution in [0.1, 0.15) is 12.7 Å². The number of ether oxygens (including phenoxy) is 1. The average Bonchev–Trinajstić information content (AvgIpc) is 2.68. The summed E-state index contributed by atoms with van der Waals surface area (Å²) in [6, 6.07) is 5.86. The van der Waals surface area contributed by atoms with Gasteiger partial charge >= 0.3 is 12.3 Å². The van der Waals surface area contributed by atoms with E-state index in [1.807, 2.05) is 0 Å². The number of para-hydroxylation sites is 2. The molecule has 0 saturated heterocycles. The van der Waals surface area contributed by atoms with Gasteiger partial charge in [0, 0.05) is 0 Å². The maximum atomic E-state index is 12.8. The number of aromatic nitrogens is 2. The van der Waals surface area contributed by atoms with Crippen molar-refractivity contribution >= 4 is 17.1 Å². The normalized spacial score (nSPS) is 11.8. The molecule has 4 nitrogen and oxygen atoms in total. The Labute approximate surface area is 100.0 Å². The molecule has 1 aromatic carbocycles. The molecule has 0 unspecified atom stereocenters. The summed E-state index contributed by atoms with van der Waals surface area (Å²) < 4.78 is 43.4. The summed E-state index contributed by atoms with van der Waals surface area (Å²) in [7, 11) is 0. The molecule has 96 valence electrons. The zero-order chi connectivity index (χ0) is 13.3. The summed E-state index contributed by atoms with van der Waals surface area (Å²) in [5, 5.41) is 0. The lowest BCUT2D eigenvalue weighted by Crippen LogP contribution is -2.22. The summed E-state index contributed by atoms with van der Waals surface area (Å²) in [6.07, 6.45) is -5.80. The van der Waals surface area contributed by atoms with E-state index in [1.54, 1.807) is 6.07 Å². The van der Waals surface area contributed by atoms with Crippen LogP contribution < -0.4 is 0 Å². The summed E-state index contributed by atoms with van der Waals surface area (Å²) >= 11 is 0. The number of hydrogen-bond donors (Lipinski definition) is 0. The first-order valence-electron chi connectivity index (χ1n) is 5.17. The fraction of sp³-hybridized carbons (Fsp3) is 0.273. The van der Waals surface area contributed by atoms with Crippen LogP contribution in [0.2, 0.25) is 0 Å². The van der Waals surface area contributed by atoms with Gasteiger partial charge in [-0.2, -0.15) is 13.2 Å². The second-order valence-electron chi connectivity index (χ2n) is 3.46. The molecule has 0 aliphatic rings. The van der Waals surface area contributed by atoms with Crippen LogP contribution in [0.15, 0.2) is 24.3 Å². The molecule has 0 saturated carbocycles. The Bertz CT molecular complexity index is 589. The molecule has 7 heteroatoms. The van der Waals surface area contributed by atoms with E-state index in [9.17, 15) is 18.0 Å². The first kappa shape index (κ1) is 12.4. The van der Waals surface area contributed by atoms with E-state index in [4.69, 9.17) is 0 Å². The number of hydrogen-bond acceptors (Lipinski definition) is 3. The molecule has 18 heavy (non-hydrogen) atoms. The van der Waals surface area contributed by atoms with Gasteiger partial charge in [-0.1, -0.05) is 12.1 Å². The van der Waals surface area contributed by atoms with Crippen LogP contribution in [0.3, 0.4) is 0 Å². The molecule has 0 aliphatic heterocycles. The Morgan fingerprint density at radius 1 is 1.39 bits per heavy atom. The van der Waals surface area contributed by atoms with E-state index >= 15 is 0 Å². The van der Waals surface area contributed by atoms with Gasteiger partial charge in [-0.15, -0.1) is 0 Å². The molecule has 0 atom stereocenters. The Hall–Kier alpha value is -2.05. The number of carbonyl (C=O) groups excluding carboxylic acids is 1. The number of benzene rings is 1. The van der Waals surface area contributed by atoms with E-state index in [0.717, 1.165) is 0 Å². The highest BCUT2D eigenvalue weighted by Crippen LogP contribution is 2.31. The van der Waals surface area contributed by atoms with Crippen LogP contribution in [-0.2, 0) is 10.9 Å². The number of alkyl halides is 3. The molecular formula is C11H9F3N2O2. The lowest BCUT2D eigenvalue weighted by atomic mass is 10.3. The van der Waals surface area contributed by atoms with Gasteiger partial charge in [-0.3, -0.25) is 0 Å². The van der Waals surface area contributed by atoms with Crippen LogP contribution in [0, 0.1) is 0 Å². The SMILES string of the molecule is CCOC(=O)n1c(C(F)(F)F)nc2ccccc21. The molecule has 2 rings (SSSR count). The number of rotatable bonds is 1. The standard InChI is InChI=1S/C11H9F3N2O2/c1-2-18-10(17)16-8-6-4-3-5-7(8)15-9(16)11(12,13)14/h3-6H,2H2,1H3. The molecule has 1 heterocycles. The monoisotopic (exact) mass is 258 g/mol. The summed E-state index contributed by atoms with van der Waals surface area (Å²) in [5.74, 6) is -1.28. The number of imidazole rings is 1. The highest BCUT2D eigenvalue weighted by atomic mass is 19.4. The lowest BCUT2D eigenvalue weighted by molar-refractivity contribution is -0.146. The van der Waals surface area contributed by atoms with Crippen molar-refractivity contribution in [3.8, 4) is 0 Å². The lowest BCUT2D eigenvalue weighted by Gasteiger charge is -2.09. The maximum Gasteiger partial charge on any atom is 0.450 e. The van der Waals surface area contributed by atoms with Gasteiger partial charge in [0.05, 0.1) is 17.6 Å². The van der Waals surface area contributed by atoms with Gasteiger partial charge in [0.1, 0.15) is 0 Å². The van der Waals surface area contributed by atoms with Crippen molar-refractivity contribution in [2.24, 2.45) is 0 Å². The number of halogens is 3. The molecule has 0 amide bonds. The van der Waals surface area contributed by atoms with Gasteiger partial charge < -0.3 is 4.74 Å². The molecule has 2 aromatic rings. The second kappa shape index (κ2) is 4.32. The van der Waals surface area contributed by atoms with Crippen molar-refractivity contribution in [1.82, 2.24) is 9.55 Å². The quantitative estimate of drug-likeness (QED) is 0.789. The maximum absolute atomic E-state index is 12.8. The van der Waals surface area contributed by atoms with E-state index in [0.29, 0.717) is 4.57 Å². The number of nitrogens with zero attached hydrogens (tertiary/aromatic N) is 2. The fourth-order valence-electron chi connectivity index (χ4n) is 1.59. The van der Waals surface area contributed by atoms with Gasteiger partial charge in [-0.05, 0) is 19.1 Å². The molecular weight excluding hydrogens is 249 g/mol. The van der Waals surface area contributed by atoms with E-state index in [2.05, 4.69) is 9.72 Å². The molecule has 0 spiro atoms. The van der Waals surface area contributed by atoms with Gasteiger partial charge in [-0.25, -0.2) is 14.3 Å². The average molecular weight is 258 g/mol. The molecule has 0 radical (unpaired) electrons. The molecule has 1 aromatic heterocycles. The highest BCUT2D eigenvalue weighted by molar-refractivity contribution is 5.87. The Kier molecular flexibility index (Phi) is 2.98. The van der Waals surface area contributed by atoms with Gasteiger partial charge in [0.2, 0.25) is 5.82 Å². The number of carbonyl (C=O) groups is 1. The second-order valence-corrected chi connectivity index (χ2v) is 3.46. The first-order valence-corrected chi connectivity index (χ1v) is 5.17. The summed E-state index contributed by atoms with van der Waals surface area (Å²) in [5.41, 5.74) is 0.168.